The molecule has 0 aromatic carbocycles. The SMILES string of the molecule is CCCCC(CC)CC(NCCC)c1sccc1C. The quantitative estimate of drug-likeness (QED) is 0.579. The molecule has 0 amide bonds. The van der Waals surface area contributed by atoms with Gasteiger partial charge in [-0.2, -0.15) is 0 Å². The molecule has 1 heterocycles. The molecule has 2 heteroatoms. The zero-order valence-corrected chi connectivity index (χ0v) is 14.0. The van der Waals surface area contributed by atoms with E-state index in [2.05, 4.69) is 44.5 Å². The zero-order chi connectivity index (χ0) is 14.1. The molecule has 0 aliphatic rings. The Hall–Kier alpha value is -0.340. The van der Waals surface area contributed by atoms with Crippen LogP contribution in [0, 0.1) is 12.8 Å². The van der Waals surface area contributed by atoms with E-state index in [4.69, 9.17) is 0 Å². The summed E-state index contributed by atoms with van der Waals surface area (Å²) in [6.07, 6.45) is 7.92. The highest BCUT2D eigenvalue weighted by Gasteiger charge is 2.18. The van der Waals surface area contributed by atoms with E-state index < -0.39 is 0 Å². The Morgan fingerprint density at radius 1 is 1.21 bits per heavy atom. The minimum atomic E-state index is 0.571. The summed E-state index contributed by atoms with van der Waals surface area (Å²) in [5, 5.41) is 6.00. The molecule has 1 aromatic rings. The van der Waals surface area contributed by atoms with Crippen LogP contribution in [-0.4, -0.2) is 6.54 Å². The van der Waals surface area contributed by atoms with Crippen LogP contribution in [0.2, 0.25) is 0 Å². The largest absolute Gasteiger partial charge is 0.309 e. The highest BCUT2D eigenvalue weighted by atomic mass is 32.1. The number of aryl methyl sites for hydroxylation is 1. The first-order valence-electron chi connectivity index (χ1n) is 8.00. The van der Waals surface area contributed by atoms with Gasteiger partial charge in [0.2, 0.25) is 0 Å². The maximum Gasteiger partial charge on any atom is 0.0420 e. The minimum Gasteiger partial charge on any atom is -0.309 e. The maximum absolute atomic E-state index is 3.76. The second-order valence-corrected chi connectivity index (χ2v) is 6.57. The molecule has 2 unspecified atom stereocenters. The van der Waals surface area contributed by atoms with Crippen LogP contribution in [0.4, 0.5) is 0 Å². The van der Waals surface area contributed by atoms with Crippen LogP contribution in [0.25, 0.3) is 0 Å². The Balaban J connectivity index is 2.65. The van der Waals surface area contributed by atoms with Crippen LogP contribution in [0.3, 0.4) is 0 Å². The molecular weight excluding hydrogens is 250 g/mol. The molecule has 0 spiro atoms. The van der Waals surface area contributed by atoms with Crippen molar-refractivity contribution in [2.45, 2.75) is 72.3 Å². The predicted molar refractivity (Wildman–Crippen MR) is 88.0 cm³/mol. The lowest BCUT2D eigenvalue weighted by Crippen LogP contribution is -2.24. The summed E-state index contributed by atoms with van der Waals surface area (Å²) in [5.74, 6) is 0.871. The van der Waals surface area contributed by atoms with Gasteiger partial charge < -0.3 is 5.32 Å². The van der Waals surface area contributed by atoms with Crippen LogP contribution >= 0.6 is 11.3 Å². The molecule has 110 valence electrons. The predicted octanol–water partition coefficient (Wildman–Crippen LogP) is 5.70. The molecular formula is C17H31NS. The third kappa shape index (κ3) is 5.66. The van der Waals surface area contributed by atoms with E-state index in [1.165, 1.54) is 44.1 Å². The van der Waals surface area contributed by atoms with Crippen molar-refractivity contribution in [2.24, 2.45) is 5.92 Å². The molecule has 1 N–H and O–H groups in total. The fourth-order valence-electron chi connectivity index (χ4n) is 2.66. The van der Waals surface area contributed by atoms with Crippen molar-refractivity contribution >= 4 is 11.3 Å². The Kier molecular flexibility index (Phi) is 8.40. The highest BCUT2D eigenvalue weighted by Crippen LogP contribution is 2.31. The van der Waals surface area contributed by atoms with Gasteiger partial charge in [-0.15, -0.1) is 11.3 Å². The Morgan fingerprint density at radius 3 is 2.53 bits per heavy atom. The molecule has 0 aliphatic carbocycles. The van der Waals surface area contributed by atoms with E-state index in [0.717, 1.165) is 12.5 Å². The molecule has 1 nitrogen and oxygen atoms in total. The molecule has 0 bridgehead atoms. The summed E-state index contributed by atoms with van der Waals surface area (Å²) in [6, 6.07) is 2.83. The van der Waals surface area contributed by atoms with Gasteiger partial charge in [0.1, 0.15) is 0 Å². The van der Waals surface area contributed by atoms with Crippen molar-refractivity contribution in [1.82, 2.24) is 5.32 Å². The van der Waals surface area contributed by atoms with E-state index in [-0.39, 0.29) is 0 Å². The second kappa shape index (κ2) is 9.55. The summed E-state index contributed by atoms with van der Waals surface area (Å²) in [7, 11) is 0. The van der Waals surface area contributed by atoms with E-state index in [9.17, 15) is 0 Å². The number of hydrogen-bond acceptors (Lipinski definition) is 2. The first-order valence-corrected chi connectivity index (χ1v) is 8.88. The van der Waals surface area contributed by atoms with E-state index in [1.54, 1.807) is 4.88 Å². The molecule has 19 heavy (non-hydrogen) atoms. The minimum absolute atomic E-state index is 0.571. The summed E-state index contributed by atoms with van der Waals surface area (Å²) < 4.78 is 0. The third-order valence-corrected chi connectivity index (χ3v) is 5.10. The number of thiophene rings is 1. The molecule has 1 aromatic heterocycles. The van der Waals surface area contributed by atoms with Crippen molar-refractivity contribution in [3.05, 3.63) is 21.9 Å². The van der Waals surface area contributed by atoms with Gasteiger partial charge in [-0.25, -0.2) is 0 Å². The van der Waals surface area contributed by atoms with Gasteiger partial charge in [0.05, 0.1) is 0 Å². The van der Waals surface area contributed by atoms with Crippen LogP contribution in [-0.2, 0) is 0 Å². The fraction of sp³-hybridized carbons (Fsp3) is 0.765. The van der Waals surface area contributed by atoms with Gasteiger partial charge in [-0.3, -0.25) is 0 Å². The Labute approximate surface area is 123 Å². The van der Waals surface area contributed by atoms with Crippen LogP contribution in [0.5, 0.6) is 0 Å². The van der Waals surface area contributed by atoms with Crippen LogP contribution in [0.15, 0.2) is 11.4 Å². The van der Waals surface area contributed by atoms with Crippen molar-refractivity contribution < 1.29 is 0 Å². The van der Waals surface area contributed by atoms with Crippen LogP contribution < -0.4 is 5.32 Å². The Morgan fingerprint density at radius 2 is 2.00 bits per heavy atom. The van der Waals surface area contributed by atoms with Crippen LogP contribution in [0.1, 0.15) is 75.8 Å². The molecule has 0 aliphatic heterocycles. The van der Waals surface area contributed by atoms with E-state index >= 15 is 0 Å². The highest BCUT2D eigenvalue weighted by molar-refractivity contribution is 7.10. The fourth-order valence-corrected chi connectivity index (χ4v) is 3.67. The average molecular weight is 282 g/mol. The smallest absolute Gasteiger partial charge is 0.0420 e. The topological polar surface area (TPSA) is 12.0 Å². The molecule has 2 atom stereocenters. The van der Waals surface area contributed by atoms with Crippen molar-refractivity contribution in [1.29, 1.82) is 0 Å². The van der Waals surface area contributed by atoms with E-state index in [1.807, 2.05) is 11.3 Å². The zero-order valence-electron chi connectivity index (χ0n) is 13.2. The van der Waals surface area contributed by atoms with Gasteiger partial charge >= 0.3 is 0 Å². The summed E-state index contributed by atoms with van der Waals surface area (Å²) in [5.41, 5.74) is 1.46. The molecule has 0 saturated heterocycles. The molecule has 1 rings (SSSR count). The monoisotopic (exact) mass is 281 g/mol. The van der Waals surface area contributed by atoms with Crippen molar-refractivity contribution in [3.63, 3.8) is 0 Å². The lowest BCUT2D eigenvalue weighted by Gasteiger charge is -2.24. The number of nitrogens with one attached hydrogen (secondary N) is 1. The lowest BCUT2D eigenvalue weighted by atomic mass is 9.91. The standard InChI is InChI=1S/C17H31NS/c1-5-8-9-15(7-3)13-16(18-11-6-2)17-14(4)10-12-19-17/h10,12,15-16,18H,5-9,11,13H2,1-4H3. The third-order valence-electron chi connectivity index (χ3n) is 3.97. The van der Waals surface area contributed by atoms with Gasteiger partial charge in [-0.05, 0) is 49.2 Å². The molecule has 0 radical (unpaired) electrons. The summed E-state index contributed by atoms with van der Waals surface area (Å²) >= 11 is 1.92. The van der Waals surface area contributed by atoms with Crippen molar-refractivity contribution in [3.8, 4) is 0 Å². The number of unbranched alkanes of at least 4 members (excludes halogenated alkanes) is 1. The first kappa shape index (κ1) is 16.7. The first-order chi connectivity index (χ1) is 9.22. The number of hydrogen-bond donors (Lipinski definition) is 1. The second-order valence-electron chi connectivity index (χ2n) is 5.63. The van der Waals surface area contributed by atoms with Gasteiger partial charge in [-0.1, -0.05) is 46.5 Å². The lowest BCUT2D eigenvalue weighted by molar-refractivity contribution is 0.356. The normalized spacial score (nSPS) is 14.5. The molecule has 0 saturated carbocycles. The summed E-state index contributed by atoms with van der Waals surface area (Å²) in [6.45, 7) is 10.3. The summed E-state index contributed by atoms with van der Waals surface area (Å²) in [4.78, 5) is 1.56. The number of rotatable bonds is 10. The van der Waals surface area contributed by atoms with Crippen molar-refractivity contribution in [2.75, 3.05) is 6.54 Å². The maximum atomic E-state index is 3.76. The van der Waals surface area contributed by atoms with Gasteiger partial charge in [0, 0.05) is 10.9 Å². The van der Waals surface area contributed by atoms with E-state index in [0.29, 0.717) is 6.04 Å². The van der Waals surface area contributed by atoms with Gasteiger partial charge in [0.25, 0.3) is 0 Å². The van der Waals surface area contributed by atoms with Gasteiger partial charge in [0.15, 0.2) is 0 Å². The molecule has 0 fully saturated rings. The Bertz CT molecular complexity index is 332. The average Bonchev–Trinajstić information content (AvgIpc) is 2.84.